The molecule has 1 aromatic rings. The number of amides is 1. The third-order valence-corrected chi connectivity index (χ3v) is 6.59. The predicted octanol–water partition coefficient (Wildman–Crippen LogP) is 3.14. The molecular weight excluding hydrogens is 486 g/mol. The van der Waals surface area contributed by atoms with Crippen molar-refractivity contribution in [1.82, 2.24) is 4.90 Å². The van der Waals surface area contributed by atoms with Gasteiger partial charge in [-0.2, -0.15) is 0 Å². The van der Waals surface area contributed by atoms with Gasteiger partial charge in [0.1, 0.15) is 0 Å². The molecule has 0 radical (unpaired) electrons. The highest BCUT2D eigenvalue weighted by molar-refractivity contribution is 9.10. The molecule has 2 heterocycles. The number of Topliss-reactive ketones (excluding diaryl/α,β-unsaturated/α-hetero) is 1. The number of benzene rings is 1. The fourth-order valence-electron chi connectivity index (χ4n) is 3.57. The fraction of sp³-hybridized carbons (Fsp3) is 0.364. The molecule has 1 saturated heterocycles. The van der Waals surface area contributed by atoms with Crippen molar-refractivity contribution in [1.29, 1.82) is 0 Å². The van der Waals surface area contributed by atoms with Crippen LogP contribution in [0.4, 0.5) is 0 Å². The average molecular weight is 508 g/mol. The van der Waals surface area contributed by atoms with Crippen LogP contribution in [0, 0.1) is 5.92 Å². The summed E-state index contributed by atoms with van der Waals surface area (Å²) in [6.07, 6.45) is 5.18. The second-order valence-corrected chi connectivity index (χ2v) is 9.20. The maximum absolute atomic E-state index is 12.8. The van der Waals surface area contributed by atoms with E-state index in [1.54, 1.807) is 30.3 Å². The minimum atomic E-state index is -0.832. The zero-order valence-corrected chi connectivity index (χ0v) is 19.5. The number of halogens is 1. The van der Waals surface area contributed by atoms with Crippen LogP contribution >= 0.6 is 27.7 Å². The van der Waals surface area contributed by atoms with Gasteiger partial charge in [0.15, 0.2) is 18.4 Å². The van der Waals surface area contributed by atoms with Gasteiger partial charge in [-0.05, 0) is 30.4 Å². The summed E-state index contributed by atoms with van der Waals surface area (Å²) < 4.78 is 10.7. The summed E-state index contributed by atoms with van der Waals surface area (Å²) in [6.45, 7) is 1.57. The first kappa shape index (κ1) is 23.3. The fourth-order valence-corrected chi connectivity index (χ4v) is 4.77. The topological polar surface area (TPSA) is 90.0 Å². The van der Waals surface area contributed by atoms with Crippen LogP contribution in [0.15, 0.2) is 51.9 Å². The maximum atomic E-state index is 12.8. The molecule has 2 aliphatic heterocycles. The number of rotatable bonds is 9. The van der Waals surface area contributed by atoms with Crippen LogP contribution in [-0.2, 0) is 23.9 Å². The Bertz CT molecular complexity index is 942. The molecule has 1 amide bonds. The number of nitrogens with zero attached hydrogens (tertiary/aromatic N) is 1. The zero-order chi connectivity index (χ0) is 22.5. The third kappa shape index (κ3) is 5.10. The second-order valence-electron chi connectivity index (χ2n) is 6.95. The third-order valence-electron chi connectivity index (χ3n) is 5.08. The summed E-state index contributed by atoms with van der Waals surface area (Å²) in [5, 5.41) is 0. The molecule has 0 spiro atoms. The van der Waals surface area contributed by atoms with Crippen molar-refractivity contribution >= 4 is 51.3 Å². The number of allylic oxidation sites excluding steroid dienone is 1. The van der Waals surface area contributed by atoms with Crippen LogP contribution in [0.1, 0.15) is 23.7 Å². The molecule has 1 aromatic carbocycles. The van der Waals surface area contributed by atoms with E-state index in [4.69, 9.17) is 4.74 Å². The van der Waals surface area contributed by atoms with Crippen LogP contribution in [0.3, 0.4) is 0 Å². The van der Waals surface area contributed by atoms with Gasteiger partial charge in [-0.3, -0.25) is 9.59 Å². The summed E-state index contributed by atoms with van der Waals surface area (Å²) in [6, 6.07) is 5.71. The first-order chi connectivity index (χ1) is 14.9. The lowest BCUT2D eigenvalue weighted by Crippen LogP contribution is -2.62. The van der Waals surface area contributed by atoms with E-state index >= 15 is 0 Å². The number of carbonyl (C=O) groups is 4. The van der Waals surface area contributed by atoms with Crippen molar-refractivity contribution < 1.29 is 28.7 Å². The number of thioether (sulfide) groups is 1. The molecule has 0 bridgehead atoms. The Labute approximate surface area is 193 Å². The molecule has 31 heavy (non-hydrogen) atoms. The van der Waals surface area contributed by atoms with Crippen LogP contribution in [0.5, 0.6) is 0 Å². The molecule has 164 valence electrons. The van der Waals surface area contributed by atoms with E-state index in [1.807, 2.05) is 13.0 Å². The molecule has 9 heteroatoms. The SMILES string of the molecule is CCSC1=CC2C(CC=CC(=O)OC)C(=O)N2C1C(=O)OCC(=O)c1ccc(Br)cc1. The average Bonchev–Trinajstić information content (AvgIpc) is 3.10. The van der Waals surface area contributed by atoms with Gasteiger partial charge < -0.3 is 14.4 Å². The van der Waals surface area contributed by atoms with E-state index in [0.717, 1.165) is 15.1 Å². The van der Waals surface area contributed by atoms with Crippen molar-refractivity contribution in [3.05, 3.63) is 57.4 Å². The van der Waals surface area contributed by atoms with Crippen LogP contribution < -0.4 is 0 Å². The van der Waals surface area contributed by atoms with E-state index in [1.165, 1.54) is 29.8 Å². The molecule has 3 rings (SSSR count). The van der Waals surface area contributed by atoms with E-state index in [9.17, 15) is 19.2 Å². The van der Waals surface area contributed by atoms with Crippen LogP contribution in [-0.4, -0.2) is 60.1 Å². The van der Waals surface area contributed by atoms with Gasteiger partial charge in [-0.15, -0.1) is 11.8 Å². The van der Waals surface area contributed by atoms with Crippen LogP contribution in [0.2, 0.25) is 0 Å². The number of ether oxygens (including phenoxy) is 2. The number of carbonyl (C=O) groups excluding carboxylic acids is 4. The number of hydrogen-bond donors (Lipinski definition) is 0. The van der Waals surface area contributed by atoms with E-state index in [-0.39, 0.29) is 30.3 Å². The van der Waals surface area contributed by atoms with Crippen LogP contribution in [0.25, 0.3) is 0 Å². The van der Waals surface area contributed by atoms with Gasteiger partial charge in [0.05, 0.1) is 19.1 Å². The second kappa shape index (κ2) is 10.3. The van der Waals surface area contributed by atoms with E-state index in [2.05, 4.69) is 20.7 Å². The zero-order valence-electron chi connectivity index (χ0n) is 17.1. The summed E-state index contributed by atoms with van der Waals surface area (Å²) in [7, 11) is 1.29. The Morgan fingerprint density at radius 2 is 1.94 bits per heavy atom. The monoisotopic (exact) mass is 507 g/mol. The van der Waals surface area contributed by atoms with Gasteiger partial charge in [0, 0.05) is 21.0 Å². The highest BCUT2D eigenvalue weighted by Gasteiger charge is 2.55. The molecule has 0 aliphatic carbocycles. The molecular formula is C22H22BrNO6S. The quantitative estimate of drug-likeness (QED) is 0.219. The summed E-state index contributed by atoms with van der Waals surface area (Å²) in [4.78, 5) is 51.3. The smallest absolute Gasteiger partial charge is 0.334 e. The standard InChI is InChI=1S/C22H22BrNO6S/c1-3-31-18-11-16-15(5-4-6-19(26)29-2)21(27)24(16)20(18)22(28)30-12-17(25)13-7-9-14(23)10-8-13/h4,6-11,15-16,20H,3,5,12H2,1-2H3. The first-order valence-corrected chi connectivity index (χ1v) is 11.5. The lowest BCUT2D eigenvalue weighted by Gasteiger charge is -2.44. The molecule has 0 aromatic heterocycles. The largest absolute Gasteiger partial charge is 0.466 e. The first-order valence-electron chi connectivity index (χ1n) is 9.74. The highest BCUT2D eigenvalue weighted by atomic mass is 79.9. The Hall–Kier alpha value is -2.39. The van der Waals surface area contributed by atoms with Crippen molar-refractivity contribution in [2.75, 3.05) is 19.5 Å². The van der Waals surface area contributed by atoms with E-state index in [0.29, 0.717) is 12.0 Å². The Kier molecular flexibility index (Phi) is 7.72. The predicted molar refractivity (Wildman–Crippen MR) is 119 cm³/mol. The van der Waals surface area contributed by atoms with Crippen molar-refractivity contribution in [3.63, 3.8) is 0 Å². The summed E-state index contributed by atoms with van der Waals surface area (Å²) in [5.74, 6) is -1.19. The molecule has 1 fully saturated rings. The summed E-state index contributed by atoms with van der Waals surface area (Å²) >= 11 is 4.78. The number of methoxy groups -OCH3 is 1. The number of ketones is 1. The molecule has 3 unspecified atom stereocenters. The molecule has 2 aliphatic rings. The van der Waals surface area contributed by atoms with Gasteiger partial charge in [0.2, 0.25) is 5.91 Å². The van der Waals surface area contributed by atoms with Crippen molar-refractivity contribution in [2.24, 2.45) is 5.92 Å². The van der Waals surface area contributed by atoms with Crippen molar-refractivity contribution in [2.45, 2.75) is 25.4 Å². The minimum Gasteiger partial charge on any atom is -0.466 e. The van der Waals surface area contributed by atoms with Gasteiger partial charge in [-0.25, -0.2) is 9.59 Å². The maximum Gasteiger partial charge on any atom is 0.334 e. The highest BCUT2D eigenvalue weighted by Crippen LogP contribution is 2.44. The molecule has 0 saturated carbocycles. The number of fused-ring (bicyclic) bond motifs is 1. The molecule has 0 N–H and O–H groups in total. The molecule has 7 nitrogen and oxygen atoms in total. The minimum absolute atomic E-state index is 0.177. The Balaban J connectivity index is 1.64. The van der Waals surface area contributed by atoms with Gasteiger partial charge in [0.25, 0.3) is 0 Å². The lowest BCUT2D eigenvalue weighted by atomic mass is 9.86. The van der Waals surface area contributed by atoms with Gasteiger partial charge in [-0.1, -0.05) is 41.1 Å². The normalized spacial score (nSPS) is 22.0. The Morgan fingerprint density at radius 3 is 2.58 bits per heavy atom. The molecule has 3 atom stereocenters. The lowest BCUT2D eigenvalue weighted by molar-refractivity contribution is -0.164. The Morgan fingerprint density at radius 1 is 1.23 bits per heavy atom. The number of hydrogen-bond acceptors (Lipinski definition) is 7. The van der Waals surface area contributed by atoms with Gasteiger partial charge >= 0.3 is 11.9 Å². The van der Waals surface area contributed by atoms with Crippen molar-refractivity contribution in [3.8, 4) is 0 Å². The number of esters is 2. The number of β-lactam (4-membered cyclic amide) rings is 1. The van der Waals surface area contributed by atoms with E-state index < -0.39 is 18.0 Å². The summed E-state index contributed by atoms with van der Waals surface area (Å²) in [5.41, 5.74) is 0.441.